The number of rotatable bonds is 2. The van der Waals surface area contributed by atoms with Gasteiger partial charge in [-0.3, -0.25) is 0 Å². The second kappa shape index (κ2) is 3.49. The SMILES string of the molecule is CC(N)c1nnc(-c2cscn2)s1. The quantitative estimate of drug-likeness (QED) is 0.822. The van der Waals surface area contributed by atoms with E-state index in [0.717, 1.165) is 15.7 Å². The van der Waals surface area contributed by atoms with Crippen molar-refractivity contribution in [2.24, 2.45) is 5.73 Å². The van der Waals surface area contributed by atoms with Gasteiger partial charge in [0.2, 0.25) is 0 Å². The molecule has 0 fully saturated rings. The molecule has 13 heavy (non-hydrogen) atoms. The molecule has 0 aliphatic rings. The van der Waals surface area contributed by atoms with Crippen molar-refractivity contribution >= 4 is 22.7 Å². The molecule has 0 amide bonds. The monoisotopic (exact) mass is 212 g/mol. The van der Waals surface area contributed by atoms with Gasteiger partial charge in [-0.05, 0) is 6.92 Å². The van der Waals surface area contributed by atoms with E-state index < -0.39 is 0 Å². The fourth-order valence-corrected chi connectivity index (χ4v) is 2.21. The molecule has 2 aromatic rings. The average molecular weight is 212 g/mol. The van der Waals surface area contributed by atoms with Crippen LogP contribution in [0.4, 0.5) is 0 Å². The maximum Gasteiger partial charge on any atom is 0.167 e. The van der Waals surface area contributed by atoms with Crippen LogP contribution in [-0.4, -0.2) is 15.2 Å². The Balaban J connectivity index is 2.33. The van der Waals surface area contributed by atoms with Crippen LogP contribution in [0.5, 0.6) is 0 Å². The summed E-state index contributed by atoms with van der Waals surface area (Å²) in [5.41, 5.74) is 8.33. The number of nitrogens with zero attached hydrogens (tertiary/aromatic N) is 3. The van der Waals surface area contributed by atoms with Crippen molar-refractivity contribution in [1.29, 1.82) is 0 Å². The summed E-state index contributed by atoms with van der Waals surface area (Å²) < 4.78 is 0. The van der Waals surface area contributed by atoms with E-state index in [4.69, 9.17) is 5.73 Å². The van der Waals surface area contributed by atoms with Gasteiger partial charge >= 0.3 is 0 Å². The summed E-state index contributed by atoms with van der Waals surface area (Å²) >= 11 is 3.04. The van der Waals surface area contributed by atoms with Crippen LogP contribution in [0.2, 0.25) is 0 Å². The molecule has 2 heterocycles. The number of thiazole rings is 1. The van der Waals surface area contributed by atoms with Crippen LogP contribution >= 0.6 is 22.7 Å². The second-order valence-corrected chi connectivity index (χ2v) is 4.34. The Hall–Kier alpha value is -0.850. The molecule has 4 nitrogen and oxygen atoms in total. The van der Waals surface area contributed by atoms with Crippen molar-refractivity contribution < 1.29 is 0 Å². The second-order valence-electron chi connectivity index (χ2n) is 2.61. The third kappa shape index (κ3) is 1.74. The van der Waals surface area contributed by atoms with Crippen molar-refractivity contribution in [2.45, 2.75) is 13.0 Å². The lowest BCUT2D eigenvalue weighted by atomic mass is 10.4. The van der Waals surface area contributed by atoms with E-state index in [0.29, 0.717) is 0 Å². The smallest absolute Gasteiger partial charge is 0.167 e. The molecule has 0 radical (unpaired) electrons. The standard InChI is InChI=1S/C7H8N4S2/c1-4(8)6-10-11-7(13-6)5-2-12-3-9-5/h2-4H,8H2,1H3. The topological polar surface area (TPSA) is 64.7 Å². The van der Waals surface area contributed by atoms with Crippen LogP contribution in [0.25, 0.3) is 10.7 Å². The maximum atomic E-state index is 5.67. The third-order valence-corrected chi connectivity index (χ3v) is 3.21. The molecule has 0 aliphatic heterocycles. The summed E-state index contributed by atoms with van der Waals surface area (Å²) in [6.45, 7) is 1.89. The first-order valence-corrected chi connectivity index (χ1v) is 5.51. The summed E-state index contributed by atoms with van der Waals surface area (Å²) in [7, 11) is 0. The molecule has 68 valence electrons. The molecule has 2 N–H and O–H groups in total. The number of nitrogens with two attached hydrogens (primary N) is 1. The number of hydrogen-bond donors (Lipinski definition) is 1. The molecular formula is C7H8N4S2. The normalized spacial score (nSPS) is 13.1. The predicted octanol–water partition coefficient (Wildman–Crippen LogP) is 1.68. The van der Waals surface area contributed by atoms with Crippen LogP contribution in [0.3, 0.4) is 0 Å². The van der Waals surface area contributed by atoms with Crippen molar-refractivity contribution in [2.75, 3.05) is 0 Å². The Bertz CT molecular complexity index is 379. The van der Waals surface area contributed by atoms with Crippen LogP contribution in [0.1, 0.15) is 18.0 Å². The van der Waals surface area contributed by atoms with E-state index in [9.17, 15) is 0 Å². The zero-order valence-electron chi connectivity index (χ0n) is 6.97. The van der Waals surface area contributed by atoms with Gasteiger partial charge in [-0.15, -0.1) is 21.5 Å². The number of hydrogen-bond acceptors (Lipinski definition) is 6. The fraction of sp³-hybridized carbons (Fsp3) is 0.286. The summed E-state index contributed by atoms with van der Waals surface area (Å²) in [6, 6.07) is -0.0510. The Kier molecular flexibility index (Phi) is 2.34. The highest BCUT2D eigenvalue weighted by Gasteiger charge is 2.10. The van der Waals surface area contributed by atoms with Crippen molar-refractivity contribution in [3.05, 3.63) is 15.9 Å². The zero-order valence-corrected chi connectivity index (χ0v) is 8.60. The van der Waals surface area contributed by atoms with Gasteiger partial charge < -0.3 is 5.73 Å². The van der Waals surface area contributed by atoms with Crippen molar-refractivity contribution in [1.82, 2.24) is 15.2 Å². The summed E-state index contributed by atoms with van der Waals surface area (Å²) in [5, 5.41) is 11.6. The molecule has 1 unspecified atom stereocenters. The van der Waals surface area contributed by atoms with Gasteiger partial charge in [-0.1, -0.05) is 11.3 Å². The molecule has 0 saturated heterocycles. The highest BCUT2D eigenvalue weighted by atomic mass is 32.1. The van der Waals surface area contributed by atoms with Crippen molar-refractivity contribution in [3.63, 3.8) is 0 Å². The third-order valence-electron chi connectivity index (χ3n) is 1.48. The lowest BCUT2D eigenvalue weighted by Crippen LogP contribution is -2.03. The molecule has 0 bridgehead atoms. The molecule has 0 spiro atoms. The molecule has 2 aromatic heterocycles. The van der Waals surface area contributed by atoms with Gasteiger partial charge in [-0.2, -0.15) is 0 Å². The maximum absolute atomic E-state index is 5.67. The summed E-state index contributed by atoms with van der Waals surface area (Å²) in [6.07, 6.45) is 0. The molecule has 0 saturated carbocycles. The van der Waals surface area contributed by atoms with Gasteiger partial charge in [0.25, 0.3) is 0 Å². The van der Waals surface area contributed by atoms with E-state index in [2.05, 4.69) is 15.2 Å². The Morgan fingerprint density at radius 1 is 1.46 bits per heavy atom. The van der Waals surface area contributed by atoms with Crippen molar-refractivity contribution in [3.8, 4) is 10.7 Å². The van der Waals surface area contributed by atoms with E-state index in [1.807, 2.05) is 12.3 Å². The van der Waals surface area contributed by atoms with Gasteiger partial charge in [0, 0.05) is 5.38 Å². The lowest BCUT2D eigenvalue weighted by Gasteiger charge is -1.93. The van der Waals surface area contributed by atoms with Crippen LogP contribution < -0.4 is 5.73 Å². The van der Waals surface area contributed by atoms with Gasteiger partial charge in [0.15, 0.2) is 5.01 Å². The minimum absolute atomic E-state index is 0.0510. The highest BCUT2D eigenvalue weighted by molar-refractivity contribution is 7.15. The van der Waals surface area contributed by atoms with Crippen LogP contribution in [0, 0.1) is 0 Å². The minimum Gasteiger partial charge on any atom is -0.322 e. The first-order chi connectivity index (χ1) is 6.27. The number of aromatic nitrogens is 3. The molecular weight excluding hydrogens is 204 g/mol. The first-order valence-electron chi connectivity index (χ1n) is 3.75. The molecule has 6 heteroatoms. The largest absolute Gasteiger partial charge is 0.322 e. The summed E-state index contributed by atoms with van der Waals surface area (Å²) in [4.78, 5) is 4.14. The van der Waals surface area contributed by atoms with Crippen LogP contribution in [-0.2, 0) is 0 Å². The highest BCUT2D eigenvalue weighted by Crippen LogP contribution is 2.25. The average Bonchev–Trinajstić information content (AvgIpc) is 2.75. The Morgan fingerprint density at radius 2 is 2.31 bits per heavy atom. The van der Waals surface area contributed by atoms with Crippen LogP contribution in [0.15, 0.2) is 10.9 Å². The minimum atomic E-state index is -0.0510. The van der Waals surface area contributed by atoms with E-state index in [1.54, 1.807) is 16.8 Å². The lowest BCUT2D eigenvalue weighted by molar-refractivity contribution is 0.786. The predicted molar refractivity (Wildman–Crippen MR) is 53.6 cm³/mol. The molecule has 0 aliphatic carbocycles. The van der Waals surface area contributed by atoms with Gasteiger partial charge in [-0.25, -0.2) is 4.98 Å². The first kappa shape index (κ1) is 8.74. The van der Waals surface area contributed by atoms with Gasteiger partial charge in [0.1, 0.15) is 10.7 Å². The van der Waals surface area contributed by atoms with E-state index >= 15 is 0 Å². The van der Waals surface area contributed by atoms with E-state index in [-0.39, 0.29) is 6.04 Å². The van der Waals surface area contributed by atoms with Gasteiger partial charge in [0.05, 0.1) is 11.6 Å². The Morgan fingerprint density at radius 3 is 2.85 bits per heavy atom. The summed E-state index contributed by atoms with van der Waals surface area (Å²) in [5.74, 6) is 0. The fourth-order valence-electron chi connectivity index (χ4n) is 0.840. The van der Waals surface area contributed by atoms with E-state index in [1.165, 1.54) is 11.3 Å². The Labute approximate surface area is 83.5 Å². The zero-order chi connectivity index (χ0) is 9.26. The molecule has 1 atom stereocenters. The molecule has 0 aromatic carbocycles. The molecule has 2 rings (SSSR count).